The number of Topliss-reactive ketones (excluding diaryl/α,β-unsaturated/α-hetero) is 1. The SMILES string of the molecule is CC1CCC(C)(C)C1=O. The van der Waals surface area contributed by atoms with E-state index in [1.54, 1.807) is 0 Å². The van der Waals surface area contributed by atoms with E-state index in [1.807, 2.05) is 20.8 Å². The summed E-state index contributed by atoms with van der Waals surface area (Å²) >= 11 is 0. The normalized spacial score (nSPS) is 33.2. The van der Waals surface area contributed by atoms with Gasteiger partial charge in [0.2, 0.25) is 0 Å². The van der Waals surface area contributed by atoms with Crippen molar-refractivity contribution in [1.82, 2.24) is 0 Å². The Balaban J connectivity index is 2.74. The summed E-state index contributed by atoms with van der Waals surface area (Å²) in [6.07, 6.45) is 2.17. The van der Waals surface area contributed by atoms with Crippen molar-refractivity contribution in [2.45, 2.75) is 33.6 Å². The number of carbonyl (C=O) groups is 1. The molecule has 1 unspecified atom stereocenters. The predicted octanol–water partition coefficient (Wildman–Crippen LogP) is 2.01. The van der Waals surface area contributed by atoms with Crippen LogP contribution in [0.4, 0.5) is 0 Å². The first kappa shape index (κ1) is 6.79. The molecule has 9 heavy (non-hydrogen) atoms. The summed E-state index contributed by atoms with van der Waals surface area (Å²) < 4.78 is 0. The van der Waals surface area contributed by atoms with Crippen molar-refractivity contribution >= 4 is 5.78 Å². The second-order valence-corrected chi connectivity index (χ2v) is 3.69. The summed E-state index contributed by atoms with van der Waals surface area (Å²) in [5.41, 5.74) is -0.0145. The maximum Gasteiger partial charge on any atom is 0.141 e. The van der Waals surface area contributed by atoms with Crippen LogP contribution in [0.15, 0.2) is 0 Å². The summed E-state index contributed by atoms with van der Waals surface area (Å²) in [5, 5.41) is 0. The van der Waals surface area contributed by atoms with Crippen LogP contribution in [-0.4, -0.2) is 5.78 Å². The van der Waals surface area contributed by atoms with Crippen molar-refractivity contribution in [3.05, 3.63) is 0 Å². The Kier molecular flexibility index (Phi) is 1.38. The fourth-order valence-corrected chi connectivity index (χ4v) is 1.50. The van der Waals surface area contributed by atoms with Gasteiger partial charge < -0.3 is 0 Å². The standard InChI is InChI=1S/C8H14O/c1-6-4-5-8(2,3)7(6)9/h6H,4-5H2,1-3H3. The lowest BCUT2D eigenvalue weighted by atomic mass is 9.89. The van der Waals surface area contributed by atoms with Gasteiger partial charge in [-0.1, -0.05) is 20.8 Å². The second kappa shape index (κ2) is 1.83. The molecule has 1 atom stereocenters. The van der Waals surface area contributed by atoms with E-state index < -0.39 is 0 Å². The highest BCUT2D eigenvalue weighted by Crippen LogP contribution is 2.36. The molecule has 0 radical (unpaired) electrons. The fraction of sp³-hybridized carbons (Fsp3) is 0.875. The largest absolute Gasteiger partial charge is 0.299 e. The Morgan fingerprint density at radius 2 is 2.11 bits per heavy atom. The Bertz CT molecular complexity index is 136. The maximum absolute atomic E-state index is 11.2. The van der Waals surface area contributed by atoms with Gasteiger partial charge in [-0.15, -0.1) is 0 Å². The van der Waals surface area contributed by atoms with Crippen molar-refractivity contribution in [3.63, 3.8) is 0 Å². The van der Waals surface area contributed by atoms with E-state index in [9.17, 15) is 4.79 Å². The molecule has 0 aromatic heterocycles. The predicted molar refractivity (Wildman–Crippen MR) is 37.2 cm³/mol. The minimum atomic E-state index is -0.0145. The number of rotatable bonds is 0. The van der Waals surface area contributed by atoms with Crippen LogP contribution < -0.4 is 0 Å². The van der Waals surface area contributed by atoms with E-state index in [0.29, 0.717) is 11.7 Å². The topological polar surface area (TPSA) is 17.1 Å². The highest BCUT2D eigenvalue weighted by molar-refractivity contribution is 5.87. The summed E-state index contributed by atoms with van der Waals surface area (Å²) in [6.45, 7) is 6.11. The highest BCUT2D eigenvalue weighted by atomic mass is 16.1. The Hall–Kier alpha value is -0.330. The Morgan fingerprint density at radius 3 is 2.22 bits per heavy atom. The molecule has 0 amide bonds. The lowest BCUT2D eigenvalue weighted by Crippen LogP contribution is -2.19. The van der Waals surface area contributed by atoms with Crippen LogP contribution >= 0.6 is 0 Å². The molecule has 1 nitrogen and oxygen atoms in total. The molecule has 0 spiro atoms. The smallest absolute Gasteiger partial charge is 0.141 e. The molecule has 0 N–H and O–H groups in total. The molecule has 1 aliphatic rings. The van der Waals surface area contributed by atoms with Crippen LogP contribution in [0.2, 0.25) is 0 Å². The summed E-state index contributed by atoms with van der Waals surface area (Å²) in [7, 11) is 0. The van der Waals surface area contributed by atoms with Gasteiger partial charge in [-0.3, -0.25) is 4.79 Å². The van der Waals surface area contributed by atoms with E-state index >= 15 is 0 Å². The van der Waals surface area contributed by atoms with Gasteiger partial charge in [0, 0.05) is 11.3 Å². The average Bonchev–Trinajstić information content (AvgIpc) is 1.97. The van der Waals surface area contributed by atoms with Crippen molar-refractivity contribution in [3.8, 4) is 0 Å². The van der Waals surface area contributed by atoms with Gasteiger partial charge in [0.1, 0.15) is 5.78 Å². The third-order valence-electron chi connectivity index (χ3n) is 2.32. The summed E-state index contributed by atoms with van der Waals surface area (Å²) in [4.78, 5) is 11.2. The van der Waals surface area contributed by atoms with E-state index in [2.05, 4.69) is 0 Å². The van der Waals surface area contributed by atoms with Crippen LogP contribution in [-0.2, 0) is 4.79 Å². The molecule has 1 heteroatoms. The van der Waals surface area contributed by atoms with Crippen molar-refractivity contribution in [2.24, 2.45) is 11.3 Å². The number of ketones is 1. The van der Waals surface area contributed by atoms with Crippen LogP contribution in [0, 0.1) is 11.3 Å². The maximum atomic E-state index is 11.2. The van der Waals surface area contributed by atoms with Gasteiger partial charge in [0.15, 0.2) is 0 Å². The van der Waals surface area contributed by atoms with E-state index in [-0.39, 0.29) is 5.41 Å². The monoisotopic (exact) mass is 126 g/mol. The lowest BCUT2D eigenvalue weighted by Gasteiger charge is -2.13. The molecule has 0 aromatic rings. The molecule has 1 fully saturated rings. The van der Waals surface area contributed by atoms with Crippen LogP contribution in [0.25, 0.3) is 0 Å². The van der Waals surface area contributed by atoms with Crippen LogP contribution in [0.5, 0.6) is 0 Å². The first-order chi connectivity index (χ1) is 4.04. The molecule has 0 heterocycles. The highest BCUT2D eigenvalue weighted by Gasteiger charge is 2.37. The van der Waals surface area contributed by atoms with Crippen molar-refractivity contribution in [2.75, 3.05) is 0 Å². The zero-order valence-corrected chi connectivity index (χ0v) is 6.40. The average molecular weight is 126 g/mol. The molecular weight excluding hydrogens is 112 g/mol. The zero-order chi connectivity index (χ0) is 7.07. The second-order valence-electron chi connectivity index (χ2n) is 3.69. The van der Waals surface area contributed by atoms with Gasteiger partial charge in [0.05, 0.1) is 0 Å². The molecular formula is C8H14O. The third-order valence-corrected chi connectivity index (χ3v) is 2.32. The third kappa shape index (κ3) is 1.00. The van der Waals surface area contributed by atoms with Crippen LogP contribution in [0.1, 0.15) is 33.6 Å². The molecule has 1 saturated carbocycles. The molecule has 52 valence electrons. The van der Waals surface area contributed by atoms with Crippen molar-refractivity contribution < 1.29 is 4.79 Å². The molecule has 1 rings (SSSR count). The number of carbonyl (C=O) groups excluding carboxylic acids is 1. The molecule has 0 saturated heterocycles. The summed E-state index contributed by atoms with van der Waals surface area (Å²) in [6, 6.07) is 0. The minimum absolute atomic E-state index is 0.0145. The van der Waals surface area contributed by atoms with E-state index in [0.717, 1.165) is 12.8 Å². The fourth-order valence-electron chi connectivity index (χ4n) is 1.50. The van der Waals surface area contributed by atoms with E-state index in [1.165, 1.54) is 0 Å². The molecule has 0 bridgehead atoms. The molecule has 0 aliphatic heterocycles. The van der Waals surface area contributed by atoms with Gasteiger partial charge in [0.25, 0.3) is 0 Å². The van der Waals surface area contributed by atoms with Gasteiger partial charge in [-0.05, 0) is 12.8 Å². The quantitative estimate of drug-likeness (QED) is 0.485. The summed E-state index contributed by atoms with van der Waals surface area (Å²) in [5.74, 6) is 0.766. The van der Waals surface area contributed by atoms with Gasteiger partial charge >= 0.3 is 0 Å². The van der Waals surface area contributed by atoms with Crippen molar-refractivity contribution in [1.29, 1.82) is 0 Å². The van der Waals surface area contributed by atoms with Gasteiger partial charge in [-0.25, -0.2) is 0 Å². The number of hydrogen-bond donors (Lipinski definition) is 0. The Morgan fingerprint density at radius 1 is 1.56 bits per heavy atom. The molecule has 1 aliphatic carbocycles. The minimum Gasteiger partial charge on any atom is -0.299 e. The first-order valence-electron chi connectivity index (χ1n) is 3.58. The first-order valence-corrected chi connectivity index (χ1v) is 3.58. The Labute approximate surface area is 56.4 Å². The molecule has 0 aromatic carbocycles. The van der Waals surface area contributed by atoms with Gasteiger partial charge in [-0.2, -0.15) is 0 Å². The van der Waals surface area contributed by atoms with E-state index in [4.69, 9.17) is 0 Å². The lowest BCUT2D eigenvalue weighted by molar-refractivity contribution is -0.127. The zero-order valence-electron chi connectivity index (χ0n) is 6.40. The van der Waals surface area contributed by atoms with Crippen LogP contribution in [0.3, 0.4) is 0 Å². The number of hydrogen-bond acceptors (Lipinski definition) is 1.